The standard InChI is InChI=1S/C13H18F3N3O2S/c1-4-17-11-18-8(2)9(22-11)10(20)19-6-5-12(7-19,21-3)13(14,15)16/h4-7H2,1-3H3,(H,17,18). The van der Waals surface area contributed by atoms with E-state index in [4.69, 9.17) is 4.74 Å². The van der Waals surface area contributed by atoms with E-state index in [1.807, 2.05) is 6.92 Å². The Bertz CT molecular complexity index is 561. The summed E-state index contributed by atoms with van der Waals surface area (Å²) in [6, 6.07) is 0. The van der Waals surface area contributed by atoms with Crippen LogP contribution in [0.1, 0.15) is 28.7 Å². The summed E-state index contributed by atoms with van der Waals surface area (Å²) < 4.78 is 44.2. The topological polar surface area (TPSA) is 54.5 Å². The zero-order chi connectivity index (χ0) is 16.5. The minimum atomic E-state index is -4.51. The van der Waals surface area contributed by atoms with E-state index in [-0.39, 0.29) is 13.0 Å². The van der Waals surface area contributed by atoms with Crippen LogP contribution in [0.2, 0.25) is 0 Å². The van der Waals surface area contributed by atoms with Crippen LogP contribution >= 0.6 is 11.3 Å². The van der Waals surface area contributed by atoms with Gasteiger partial charge in [-0.1, -0.05) is 11.3 Å². The van der Waals surface area contributed by atoms with Crippen LogP contribution in [0.15, 0.2) is 0 Å². The first kappa shape index (κ1) is 17.0. The highest BCUT2D eigenvalue weighted by atomic mass is 32.1. The van der Waals surface area contributed by atoms with Crippen LogP contribution in [0.5, 0.6) is 0 Å². The lowest BCUT2D eigenvalue weighted by molar-refractivity contribution is -0.263. The van der Waals surface area contributed by atoms with Crippen molar-refractivity contribution >= 4 is 22.4 Å². The number of halogens is 3. The zero-order valence-corrected chi connectivity index (χ0v) is 13.4. The molecule has 9 heteroatoms. The lowest BCUT2D eigenvalue weighted by Gasteiger charge is -2.30. The number of rotatable bonds is 4. The van der Waals surface area contributed by atoms with E-state index in [0.29, 0.717) is 22.2 Å². The van der Waals surface area contributed by atoms with Crippen molar-refractivity contribution in [1.82, 2.24) is 9.88 Å². The molecule has 124 valence electrons. The average molecular weight is 337 g/mol. The Morgan fingerprint density at radius 1 is 1.55 bits per heavy atom. The number of aromatic nitrogens is 1. The molecule has 0 radical (unpaired) electrons. The van der Waals surface area contributed by atoms with E-state index in [9.17, 15) is 18.0 Å². The van der Waals surface area contributed by atoms with Gasteiger partial charge in [-0.25, -0.2) is 4.98 Å². The third kappa shape index (κ3) is 2.91. The molecule has 2 heterocycles. The quantitative estimate of drug-likeness (QED) is 0.918. The fraction of sp³-hybridized carbons (Fsp3) is 0.692. The van der Waals surface area contributed by atoms with Crippen molar-refractivity contribution < 1.29 is 22.7 Å². The molecule has 1 saturated heterocycles. The van der Waals surface area contributed by atoms with Gasteiger partial charge in [-0.05, 0) is 13.8 Å². The maximum atomic E-state index is 13.2. The van der Waals surface area contributed by atoms with Gasteiger partial charge in [-0.3, -0.25) is 4.79 Å². The van der Waals surface area contributed by atoms with Gasteiger partial charge in [0.05, 0.1) is 12.2 Å². The van der Waals surface area contributed by atoms with Crippen molar-refractivity contribution in [2.24, 2.45) is 0 Å². The number of carbonyl (C=O) groups is 1. The first-order valence-corrected chi connectivity index (χ1v) is 7.68. The maximum absolute atomic E-state index is 13.2. The van der Waals surface area contributed by atoms with E-state index in [0.717, 1.165) is 18.4 Å². The summed E-state index contributed by atoms with van der Waals surface area (Å²) in [6.07, 6.45) is -4.76. The molecule has 5 nitrogen and oxygen atoms in total. The van der Waals surface area contributed by atoms with Gasteiger partial charge in [0.25, 0.3) is 5.91 Å². The molecular weight excluding hydrogens is 319 g/mol. The number of methoxy groups -OCH3 is 1. The van der Waals surface area contributed by atoms with Gasteiger partial charge >= 0.3 is 6.18 Å². The largest absolute Gasteiger partial charge is 0.419 e. The number of hydrogen-bond donors (Lipinski definition) is 1. The van der Waals surface area contributed by atoms with E-state index in [1.165, 1.54) is 4.90 Å². The third-order valence-electron chi connectivity index (χ3n) is 3.75. The minimum absolute atomic E-state index is 0.0140. The van der Waals surface area contributed by atoms with Crippen LogP contribution in [0.4, 0.5) is 18.3 Å². The molecule has 1 aromatic heterocycles. The monoisotopic (exact) mass is 337 g/mol. The number of carbonyl (C=O) groups excluding carboxylic acids is 1. The lowest BCUT2D eigenvalue weighted by atomic mass is 10.0. The molecule has 0 aliphatic carbocycles. The Morgan fingerprint density at radius 2 is 2.23 bits per heavy atom. The number of nitrogens with zero attached hydrogens (tertiary/aromatic N) is 2. The van der Waals surface area contributed by atoms with E-state index in [2.05, 4.69) is 10.3 Å². The van der Waals surface area contributed by atoms with Crippen molar-refractivity contribution in [1.29, 1.82) is 0 Å². The molecule has 0 aromatic carbocycles. The van der Waals surface area contributed by atoms with E-state index < -0.39 is 24.2 Å². The second-order valence-corrected chi connectivity index (χ2v) is 6.14. The highest BCUT2D eigenvalue weighted by molar-refractivity contribution is 7.17. The number of ether oxygens (including phenoxy) is 1. The van der Waals surface area contributed by atoms with Crippen LogP contribution in [-0.2, 0) is 4.74 Å². The van der Waals surface area contributed by atoms with Crippen molar-refractivity contribution in [3.05, 3.63) is 10.6 Å². The number of alkyl halides is 3. The summed E-state index contributed by atoms with van der Waals surface area (Å²) in [6.45, 7) is 3.76. The molecule has 1 N–H and O–H groups in total. The molecule has 0 bridgehead atoms. The lowest BCUT2D eigenvalue weighted by Crippen LogP contribution is -2.49. The van der Waals surface area contributed by atoms with Gasteiger partial charge in [-0.15, -0.1) is 0 Å². The molecule has 1 fully saturated rings. The first-order valence-electron chi connectivity index (χ1n) is 6.86. The molecule has 0 spiro atoms. The summed E-state index contributed by atoms with van der Waals surface area (Å²) in [7, 11) is 1.03. The molecule has 1 atom stereocenters. The van der Waals surface area contributed by atoms with Crippen molar-refractivity contribution in [2.45, 2.75) is 32.0 Å². The Hall–Kier alpha value is -1.35. The van der Waals surface area contributed by atoms with Crippen LogP contribution in [-0.4, -0.2) is 54.3 Å². The normalized spacial score (nSPS) is 22.2. The number of thiazole rings is 1. The molecular formula is C13H18F3N3O2S. The van der Waals surface area contributed by atoms with Gasteiger partial charge in [0.2, 0.25) is 0 Å². The molecule has 1 aliphatic rings. The van der Waals surface area contributed by atoms with Crippen molar-refractivity contribution in [3.63, 3.8) is 0 Å². The number of amides is 1. The predicted octanol–water partition coefficient (Wildman–Crippen LogP) is 2.68. The fourth-order valence-corrected chi connectivity index (χ4v) is 3.44. The highest BCUT2D eigenvalue weighted by Gasteiger charge is 2.59. The molecule has 22 heavy (non-hydrogen) atoms. The van der Waals surface area contributed by atoms with Gasteiger partial charge in [0, 0.05) is 26.6 Å². The van der Waals surface area contributed by atoms with Crippen molar-refractivity contribution in [3.8, 4) is 0 Å². The summed E-state index contributed by atoms with van der Waals surface area (Å²) in [5.74, 6) is -0.428. The Morgan fingerprint density at radius 3 is 2.73 bits per heavy atom. The van der Waals surface area contributed by atoms with Crippen LogP contribution in [0.3, 0.4) is 0 Å². The zero-order valence-electron chi connectivity index (χ0n) is 12.6. The highest BCUT2D eigenvalue weighted by Crippen LogP contribution is 2.41. The van der Waals surface area contributed by atoms with Crippen LogP contribution in [0, 0.1) is 6.92 Å². The molecule has 1 unspecified atom stereocenters. The number of nitrogens with one attached hydrogen (secondary N) is 1. The van der Waals surface area contributed by atoms with Crippen LogP contribution < -0.4 is 5.32 Å². The molecule has 1 aliphatic heterocycles. The SMILES string of the molecule is CCNc1nc(C)c(C(=O)N2CCC(OC)(C(F)(F)F)C2)s1. The summed E-state index contributed by atoms with van der Waals surface area (Å²) in [4.78, 5) is 18.2. The maximum Gasteiger partial charge on any atom is 0.419 e. The first-order chi connectivity index (χ1) is 10.2. The van der Waals surface area contributed by atoms with E-state index >= 15 is 0 Å². The molecule has 0 saturated carbocycles. The fourth-order valence-electron chi connectivity index (χ4n) is 2.43. The number of anilines is 1. The van der Waals surface area contributed by atoms with Gasteiger partial charge in [0.1, 0.15) is 4.88 Å². The molecule has 1 amide bonds. The summed E-state index contributed by atoms with van der Waals surface area (Å²) in [5, 5.41) is 3.59. The number of likely N-dealkylation sites (tertiary alicyclic amines) is 1. The van der Waals surface area contributed by atoms with E-state index in [1.54, 1.807) is 6.92 Å². The van der Waals surface area contributed by atoms with Gasteiger partial charge in [0.15, 0.2) is 10.7 Å². The number of hydrogen-bond acceptors (Lipinski definition) is 5. The number of aryl methyl sites for hydroxylation is 1. The predicted molar refractivity (Wildman–Crippen MR) is 77.3 cm³/mol. The Labute approximate surface area is 130 Å². The molecule has 1 aromatic rings. The van der Waals surface area contributed by atoms with Crippen LogP contribution in [0.25, 0.3) is 0 Å². The van der Waals surface area contributed by atoms with Gasteiger partial charge < -0.3 is 15.0 Å². The minimum Gasteiger partial charge on any atom is -0.367 e. The second kappa shape index (κ2) is 6.04. The second-order valence-electron chi connectivity index (χ2n) is 5.14. The average Bonchev–Trinajstić information content (AvgIpc) is 3.02. The smallest absolute Gasteiger partial charge is 0.367 e. The van der Waals surface area contributed by atoms with Gasteiger partial charge in [-0.2, -0.15) is 13.2 Å². The summed E-state index contributed by atoms with van der Waals surface area (Å²) >= 11 is 1.16. The third-order valence-corrected chi connectivity index (χ3v) is 4.85. The molecule has 2 rings (SSSR count). The van der Waals surface area contributed by atoms with Crippen molar-refractivity contribution in [2.75, 3.05) is 32.1 Å². The Kier molecular flexibility index (Phi) is 4.67. The summed E-state index contributed by atoms with van der Waals surface area (Å²) in [5.41, 5.74) is -1.75. The Balaban J connectivity index is 2.18.